The highest BCUT2D eigenvalue weighted by molar-refractivity contribution is 6.35. The molecule has 0 bridgehead atoms. The Morgan fingerprint density at radius 1 is 1.16 bits per heavy atom. The number of amides is 3. The molecular formula is C12H15Cl2N3O2. The van der Waals surface area contributed by atoms with E-state index in [0.717, 1.165) is 0 Å². The highest BCUT2D eigenvalue weighted by Crippen LogP contribution is 2.22. The fourth-order valence-electron chi connectivity index (χ4n) is 1.33. The van der Waals surface area contributed by atoms with Crippen LogP contribution in [0, 0.1) is 0 Å². The molecule has 0 aliphatic heterocycles. The highest BCUT2D eigenvalue weighted by Gasteiger charge is 2.07. The Kier molecular flexibility index (Phi) is 5.92. The molecule has 7 heteroatoms. The van der Waals surface area contributed by atoms with Crippen LogP contribution in [0.3, 0.4) is 0 Å². The van der Waals surface area contributed by atoms with Crippen molar-refractivity contribution >= 4 is 40.8 Å². The number of anilines is 1. The molecule has 104 valence electrons. The molecule has 1 aromatic rings. The molecule has 3 amide bonds. The first kappa shape index (κ1) is 15.6. The second-order valence-electron chi connectivity index (χ2n) is 4.19. The van der Waals surface area contributed by atoms with E-state index in [1.807, 2.05) is 13.8 Å². The van der Waals surface area contributed by atoms with Crippen molar-refractivity contribution in [3.05, 3.63) is 28.2 Å². The van der Waals surface area contributed by atoms with E-state index in [2.05, 4.69) is 16.0 Å². The summed E-state index contributed by atoms with van der Waals surface area (Å²) in [5.74, 6) is -0.255. The molecular weight excluding hydrogens is 289 g/mol. The van der Waals surface area contributed by atoms with E-state index in [9.17, 15) is 9.59 Å². The third-order valence-electron chi connectivity index (χ3n) is 1.98. The summed E-state index contributed by atoms with van der Waals surface area (Å²) >= 11 is 11.6. The third-order valence-corrected chi connectivity index (χ3v) is 2.42. The molecule has 1 rings (SSSR count). The molecule has 0 atom stereocenters. The van der Waals surface area contributed by atoms with Crippen LogP contribution in [0.25, 0.3) is 0 Å². The van der Waals surface area contributed by atoms with Crippen LogP contribution >= 0.6 is 23.2 Å². The zero-order valence-corrected chi connectivity index (χ0v) is 12.1. The maximum atomic E-state index is 11.5. The van der Waals surface area contributed by atoms with Crippen molar-refractivity contribution in [2.24, 2.45) is 0 Å². The third kappa shape index (κ3) is 6.31. The smallest absolute Gasteiger partial charge is 0.319 e. The predicted molar refractivity (Wildman–Crippen MR) is 76.8 cm³/mol. The summed E-state index contributed by atoms with van der Waals surface area (Å²) in [6, 6.07) is 4.20. The molecule has 0 fully saturated rings. The molecule has 0 saturated heterocycles. The van der Waals surface area contributed by atoms with Gasteiger partial charge in [-0.15, -0.1) is 0 Å². The summed E-state index contributed by atoms with van der Waals surface area (Å²) < 4.78 is 0. The van der Waals surface area contributed by atoms with Crippen LogP contribution in [0.4, 0.5) is 10.5 Å². The van der Waals surface area contributed by atoms with Gasteiger partial charge >= 0.3 is 6.03 Å². The molecule has 5 nitrogen and oxygen atoms in total. The van der Waals surface area contributed by atoms with Crippen molar-refractivity contribution in [2.45, 2.75) is 19.9 Å². The highest BCUT2D eigenvalue weighted by atomic mass is 35.5. The van der Waals surface area contributed by atoms with Crippen LogP contribution in [-0.2, 0) is 4.79 Å². The normalized spacial score (nSPS) is 10.2. The van der Waals surface area contributed by atoms with Gasteiger partial charge in [0.25, 0.3) is 0 Å². The first-order chi connectivity index (χ1) is 8.86. The van der Waals surface area contributed by atoms with Crippen LogP contribution in [-0.4, -0.2) is 24.5 Å². The van der Waals surface area contributed by atoms with Crippen LogP contribution in [0.1, 0.15) is 13.8 Å². The fourth-order valence-corrected chi connectivity index (χ4v) is 1.86. The zero-order valence-electron chi connectivity index (χ0n) is 10.6. The Morgan fingerprint density at radius 3 is 2.26 bits per heavy atom. The first-order valence-electron chi connectivity index (χ1n) is 5.67. The first-order valence-corrected chi connectivity index (χ1v) is 6.42. The average molecular weight is 304 g/mol. The Hall–Kier alpha value is -1.46. The number of benzene rings is 1. The Labute approximate surface area is 121 Å². The maximum Gasteiger partial charge on any atom is 0.319 e. The molecule has 19 heavy (non-hydrogen) atoms. The summed E-state index contributed by atoms with van der Waals surface area (Å²) in [4.78, 5) is 22.9. The van der Waals surface area contributed by atoms with Crippen LogP contribution in [0.5, 0.6) is 0 Å². The van der Waals surface area contributed by atoms with Gasteiger partial charge in [0.15, 0.2) is 0 Å². The SMILES string of the molecule is CC(C)NC(=O)CNC(=O)Nc1cc(Cl)cc(Cl)c1. The van der Waals surface area contributed by atoms with Gasteiger partial charge in [0.05, 0.1) is 6.54 Å². The van der Waals surface area contributed by atoms with E-state index in [1.165, 1.54) is 0 Å². The minimum atomic E-state index is -0.503. The molecule has 3 N–H and O–H groups in total. The Bertz CT molecular complexity index is 458. The molecule has 0 spiro atoms. The lowest BCUT2D eigenvalue weighted by Crippen LogP contribution is -2.41. The largest absolute Gasteiger partial charge is 0.352 e. The van der Waals surface area contributed by atoms with Crippen molar-refractivity contribution in [3.8, 4) is 0 Å². The van der Waals surface area contributed by atoms with Gasteiger partial charge in [-0.25, -0.2) is 4.79 Å². The van der Waals surface area contributed by atoms with Crippen molar-refractivity contribution in [2.75, 3.05) is 11.9 Å². The second kappa shape index (κ2) is 7.21. The molecule has 0 aliphatic rings. The van der Waals surface area contributed by atoms with Gasteiger partial charge < -0.3 is 16.0 Å². The molecule has 0 radical (unpaired) electrons. The van der Waals surface area contributed by atoms with Gasteiger partial charge in [0, 0.05) is 21.8 Å². The molecule has 0 aromatic heterocycles. The number of nitrogens with one attached hydrogen (secondary N) is 3. The minimum absolute atomic E-state index is 0.0316. The summed E-state index contributed by atoms with van der Waals surface area (Å²) in [5.41, 5.74) is 0.458. The lowest BCUT2D eigenvalue weighted by atomic mass is 10.3. The minimum Gasteiger partial charge on any atom is -0.352 e. The zero-order chi connectivity index (χ0) is 14.4. The van der Waals surface area contributed by atoms with Crippen LogP contribution in [0.15, 0.2) is 18.2 Å². The van der Waals surface area contributed by atoms with E-state index in [4.69, 9.17) is 23.2 Å². The predicted octanol–water partition coefficient (Wildman–Crippen LogP) is 2.64. The standard InChI is InChI=1S/C12H15Cl2N3O2/c1-7(2)16-11(18)6-15-12(19)17-10-4-8(13)3-9(14)5-10/h3-5,7H,6H2,1-2H3,(H,16,18)(H2,15,17,19). The Morgan fingerprint density at radius 2 is 1.74 bits per heavy atom. The van der Waals surface area contributed by atoms with Gasteiger partial charge in [-0.2, -0.15) is 0 Å². The van der Waals surface area contributed by atoms with Crippen molar-refractivity contribution in [1.82, 2.24) is 10.6 Å². The number of rotatable bonds is 4. The molecule has 0 saturated carbocycles. The quantitative estimate of drug-likeness (QED) is 0.800. The second-order valence-corrected chi connectivity index (χ2v) is 5.06. The molecule has 0 heterocycles. The number of halogens is 2. The van der Waals surface area contributed by atoms with Gasteiger partial charge in [-0.3, -0.25) is 4.79 Å². The summed E-state index contributed by atoms with van der Waals surface area (Å²) in [5, 5.41) is 8.45. The topological polar surface area (TPSA) is 70.2 Å². The number of carbonyl (C=O) groups is 2. The number of carbonyl (C=O) groups excluding carboxylic acids is 2. The van der Waals surface area contributed by atoms with E-state index in [0.29, 0.717) is 15.7 Å². The summed E-state index contributed by atoms with van der Waals surface area (Å²) in [7, 11) is 0. The molecule has 0 aliphatic carbocycles. The van der Waals surface area contributed by atoms with Gasteiger partial charge in [-0.1, -0.05) is 23.2 Å². The average Bonchev–Trinajstić information content (AvgIpc) is 2.23. The number of hydrogen-bond acceptors (Lipinski definition) is 2. The lowest BCUT2D eigenvalue weighted by Gasteiger charge is -2.10. The Balaban J connectivity index is 2.45. The fraction of sp³-hybridized carbons (Fsp3) is 0.333. The van der Waals surface area contributed by atoms with Crippen LogP contribution in [0.2, 0.25) is 10.0 Å². The van der Waals surface area contributed by atoms with E-state index < -0.39 is 6.03 Å². The van der Waals surface area contributed by atoms with Gasteiger partial charge in [0.2, 0.25) is 5.91 Å². The van der Waals surface area contributed by atoms with Crippen molar-refractivity contribution < 1.29 is 9.59 Å². The van der Waals surface area contributed by atoms with Crippen molar-refractivity contribution in [3.63, 3.8) is 0 Å². The van der Waals surface area contributed by atoms with Gasteiger partial charge in [-0.05, 0) is 32.0 Å². The van der Waals surface area contributed by atoms with Crippen LogP contribution < -0.4 is 16.0 Å². The number of urea groups is 1. The number of hydrogen-bond donors (Lipinski definition) is 3. The lowest BCUT2D eigenvalue weighted by molar-refractivity contribution is -0.120. The monoisotopic (exact) mass is 303 g/mol. The van der Waals surface area contributed by atoms with Gasteiger partial charge in [0.1, 0.15) is 0 Å². The van der Waals surface area contributed by atoms with E-state index in [-0.39, 0.29) is 18.5 Å². The summed E-state index contributed by atoms with van der Waals surface area (Å²) in [6.45, 7) is 3.58. The van der Waals surface area contributed by atoms with E-state index >= 15 is 0 Å². The molecule has 0 unspecified atom stereocenters. The maximum absolute atomic E-state index is 11.5. The van der Waals surface area contributed by atoms with E-state index in [1.54, 1.807) is 18.2 Å². The summed E-state index contributed by atoms with van der Waals surface area (Å²) in [6.07, 6.45) is 0. The molecule has 1 aromatic carbocycles. The van der Waals surface area contributed by atoms with Crippen molar-refractivity contribution in [1.29, 1.82) is 0 Å².